The fourth-order valence-corrected chi connectivity index (χ4v) is 1.33. The average molecular weight is 181 g/mol. The molecule has 2 nitrogen and oxygen atoms in total. The van der Waals surface area contributed by atoms with E-state index in [2.05, 4.69) is 30.9 Å². The third kappa shape index (κ3) is 3.64. The maximum Gasteiger partial charge on any atom is 0.118 e. The molecule has 0 aromatic carbocycles. The van der Waals surface area contributed by atoms with Crippen molar-refractivity contribution in [1.82, 2.24) is 4.90 Å². The first kappa shape index (κ1) is 10.3. The standard InChI is InChI=1S/C11H19NO/c1-9(2)7-10-5-6-11(13-10)8-12(3)4/h5-6,9H,7-8H2,1-4H3. The van der Waals surface area contributed by atoms with E-state index in [1.807, 2.05) is 14.1 Å². The van der Waals surface area contributed by atoms with Crippen molar-refractivity contribution in [3.63, 3.8) is 0 Å². The average Bonchev–Trinajstić information content (AvgIpc) is 2.33. The molecule has 2 heteroatoms. The lowest BCUT2D eigenvalue weighted by atomic mass is 10.1. The van der Waals surface area contributed by atoms with Crippen LogP contribution in [0, 0.1) is 5.92 Å². The highest BCUT2D eigenvalue weighted by atomic mass is 16.3. The Bertz CT molecular complexity index is 226. The largest absolute Gasteiger partial charge is 0.465 e. The zero-order chi connectivity index (χ0) is 9.84. The highest BCUT2D eigenvalue weighted by molar-refractivity contribution is 5.07. The van der Waals surface area contributed by atoms with Crippen LogP contribution in [0.4, 0.5) is 0 Å². The second-order valence-electron chi connectivity index (χ2n) is 4.20. The van der Waals surface area contributed by atoms with Gasteiger partial charge in [-0.25, -0.2) is 0 Å². The summed E-state index contributed by atoms with van der Waals surface area (Å²) in [5.41, 5.74) is 0. The fourth-order valence-electron chi connectivity index (χ4n) is 1.33. The maximum absolute atomic E-state index is 5.66. The Hall–Kier alpha value is -0.760. The molecule has 0 aliphatic rings. The zero-order valence-electron chi connectivity index (χ0n) is 9.00. The molecule has 0 spiro atoms. The number of hydrogen-bond donors (Lipinski definition) is 0. The Labute approximate surface area is 80.5 Å². The highest BCUT2D eigenvalue weighted by Gasteiger charge is 2.04. The summed E-state index contributed by atoms with van der Waals surface area (Å²) in [4.78, 5) is 2.11. The van der Waals surface area contributed by atoms with E-state index in [0.29, 0.717) is 5.92 Å². The number of nitrogens with zero attached hydrogens (tertiary/aromatic N) is 1. The van der Waals surface area contributed by atoms with Crippen LogP contribution in [0.5, 0.6) is 0 Å². The lowest BCUT2D eigenvalue weighted by Crippen LogP contribution is -2.09. The van der Waals surface area contributed by atoms with Gasteiger partial charge in [-0.15, -0.1) is 0 Å². The van der Waals surface area contributed by atoms with Crippen molar-refractivity contribution < 1.29 is 4.42 Å². The molecule has 74 valence electrons. The molecule has 1 aromatic rings. The monoisotopic (exact) mass is 181 g/mol. The minimum Gasteiger partial charge on any atom is -0.465 e. The van der Waals surface area contributed by atoms with Crippen LogP contribution < -0.4 is 0 Å². The van der Waals surface area contributed by atoms with Crippen LogP contribution in [0.25, 0.3) is 0 Å². The van der Waals surface area contributed by atoms with Gasteiger partial charge in [0.05, 0.1) is 6.54 Å². The molecular weight excluding hydrogens is 162 g/mol. The Balaban J connectivity index is 2.53. The molecule has 0 aliphatic carbocycles. The SMILES string of the molecule is CC(C)Cc1ccc(CN(C)C)o1. The summed E-state index contributed by atoms with van der Waals surface area (Å²) in [6.07, 6.45) is 1.04. The van der Waals surface area contributed by atoms with Gasteiger partial charge < -0.3 is 9.32 Å². The van der Waals surface area contributed by atoms with Gasteiger partial charge in [-0.1, -0.05) is 13.8 Å². The number of furan rings is 1. The van der Waals surface area contributed by atoms with Gasteiger partial charge in [0, 0.05) is 6.42 Å². The van der Waals surface area contributed by atoms with Crippen LogP contribution in [-0.4, -0.2) is 19.0 Å². The summed E-state index contributed by atoms with van der Waals surface area (Å²) in [5.74, 6) is 2.82. The van der Waals surface area contributed by atoms with E-state index in [0.717, 1.165) is 24.5 Å². The Kier molecular flexibility index (Phi) is 3.55. The van der Waals surface area contributed by atoms with Gasteiger partial charge in [0.15, 0.2) is 0 Å². The smallest absolute Gasteiger partial charge is 0.118 e. The third-order valence-corrected chi connectivity index (χ3v) is 1.80. The normalized spacial score (nSPS) is 11.5. The molecule has 0 bridgehead atoms. The molecule has 0 N–H and O–H groups in total. The van der Waals surface area contributed by atoms with E-state index < -0.39 is 0 Å². The molecule has 13 heavy (non-hydrogen) atoms. The van der Waals surface area contributed by atoms with Gasteiger partial charge in [0.1, 0.15) is 11.5 Å². The van der Waals surface area contributed by atoms with Crippen molar-refractivity contribution in [2.45, 2.75) is 26.8 Å². The molecule has 0 radical (unpaired) electrons. The molecule has 1 aromatic heterocycles. The van der Waals surface area contributed by atoms with Crippen molar-refractivity contribution in [2.24, 2.45) is 5.92 Å². The van der Waals surface area contributed by atoms with E-state index in [1.54, 1.807) is 0 Å². The van der Waals surface area contributed by atoms with E-state index in [1.165, 1.54) is 0 Å². The Morgan fingerprint density at radius 3 is 2.38 bits per heavy atom. The minimum absolute atomic E-state index is 0.665. The number of rotatable bonds is 4. The van der Waals surface area contributed by atoms with Gasteiger partial charge in [0.2, 0.25) is 0 Å². The topological polar surface area (TPSA) is 16.4 Å². The minimum atomic E-state index is 0.665. The molecule has 0 unspecified atom stereocenters. The first-order valence-electron chi connectivity index (χ1n) is 4.80. The molecule has 0 saturated heterocycles. The Morgan fingerprint density at radius 1 is 1.23 bits per heavy atom. The molecular formula is C11H19NO. The van der Waals surface area contributed by atoms with Crippen molar-refractivity contribution in [3.05, 3.63) is 23.7 Å². The summed E-state index contributed by atoms with van der Waals surface area (Å²) in [7, 11) is 4.09. The van der Waals surface area contributed by atoms with Gasteiger partial charge in [-0.05, 0) is 32.1 Å². The van der Waals surface area contributed by atoms with Gasteiger partial charge >= 0.3 is 0 Å². The van der Waals surface area contributed by atoms with E-state index in [4.69, 9.17) is 4.42 Å². The second kappa shape index (κ2) is 4.47. The van der Waals surface area contributed by atoms with Gasteiger partial charge in [-0.2, -0.15) is 0 Å². The van der Waals surface area contributed by atoms with Crippen LogP contribution in [0.2, 0.25) is 0 Å². The van der Waals surface area contributed by atoms with Crippen molar-refractivity contribution in [1.29, 1.82) is 0 Å². The van der Waals surface area contributed by atoms with Crippen LogP contribution in [0.15, 0.2) is 16.5 Å². The van der Waals surface area contributed by atoms with Crippen molar-refractivity contribution in [3.8, 4) is 0 Å². The molecule has 1 heterocycles. The van der Waals surface area contributed by atoms with Crippen LogP contribution in [-0.2, 0) is 13.0 Å². The zero-order valence-corrected chi connectivity index (χ0v) is 9.00. The van der Waals surface area contributed by atoms with Crippen molar-refractivity contribution in [2.75, 3.05) is 14.1 Å². The summed E-state index contributed by atoms with van der Waals surface area (Å²) >= 11 is 0. The fraction of sp³-hybridized carbons (Fsp3) is 0.636. The highest BCUT2D eigenvalue weighted by Crippen LogP contribution is 2.13. The van der Waals surface area contributed by atoms with E-state index in [-0.39, 0.29) is 0 Å². The predicted molar refractivity (Wildman–Crippen MR) is 54.6 cm³/mol. The van der Waals surface area contributed by atoms with Crippen LogP contribution >= 0.6 is 0 Å². The molecule has 0 fully saturated rings. The molecule has 1 rings (SSSR count). The first-order chi connectivity index (χ1) is 6.08. The van der Waals surface area contributed by atoms with E-state index >= 15 is 0 Å². The summed E-state index contributed by atoms with van der Waals surface area (Å²) in [6.45, 7) is 5.29. The maximum atomic E-state index is 5.66. The summed E-state index contributed by atoms with van der Waals surface area (Å²) in [6, 6.07) is 4.15. The first-order valence-corrected chi connectivity index (χ1v) is 4.80. The number of hydrogen-bond acceptors (Lipinski definition) is 2. The molecule has 0 amide bonds. The predicted octanol–water partition coefficient (Wildman–Crippen LogP) is 2.54. The quantitative estimate of drug-likeness (QED) is 0.709. The van der Waals surface area contributed by atoms with Gasteiger partial charge in [0.25, 0.3) is 0 Å². The van der Waals surface area contributed by atoms with Crippen LogP contribution in [0.1, 0.15) is 25.4 Å². The lowest BCUT2D eigenvalue weighted by molar-refractivity contribution is 0.337. The van der Waals surface area contributed by atoms with Crippen LogP contribution in [0.3, 0.4) is 0 Å². The summed E-state index contributed by atoms with van der Waals surface area (Å²) < 4.78 is 5.66. The van der Waals surface area contributed by atoms with Gasteiger partial charge in [-0.3, -0.25) is 0 Å². The Morgan fingerprint density at radius 2 is 1.85 bits per heavy atom. The second-order valence-corrected chi connectivity index (χ2v) is 4.20. The lowest BCUT2D eigenvalue weighted by Gasteiger charge is -2.06. The molecule has 0 aliphatic heterocycles. The molecule has 0 saturated carbocycles. The van der Waals surface area contributed by atoms with E-state index in [9.17, 15) is 0 Å². The molecule has 0 atom stereocenters. The summed E-state index contributed by atoms with van der Waals surface area (Å²) in [5, 5.41) is 0. The third-order valence-electron chi connectivity index (χ3n) is 1.80. The van der Waals surface area contributed by atoms with Crippen molar-refractivity contribution >= 4 is 0 Å².